The van der Waals surface area contributed by atoms with Crippen molar-refractivity contribution in [2.45, 2.75) is 31.9 Å². The lowest BCUT2D eigenvalue weighted by molar-refractivity contribution is -0.137. The Balaban J connectivity index is 1.35. The van der Waals surface area contributed by atoms with Crippen molar-refractivity contribution in [2.75, 3.05) is 18.4 Å². The molecule has 9 heteroatoms. The van der Waals surface area contributed by atoms with Gasteiger partial charge in [-0.25, -0.2) is 4.79 Å². The van der Waals surface area contributed by atoms with Gasteiger partial charge in [0.2, 0.25) is 11.7 Å². The molecule has 0 spiro atoms. The van der Waals surface area contributed by atoms with Crippen molar-refractivity contribution in [2.24, 2.45) is 0 Å². The number of nitrogens with zero attached hydrogens (tertiary/aromatic N) is 3. The molecule has 1 aromatic heterocycles. The van der Waals surface area contributed by atoms with E-state index in [0.717, 1.165) is 23.3 Å². The van der Waals surface area contributed by atoms with Gasteiger partial charge < -0.3 is 14.7 Å². The van der Waals surface area contributed by atoms with Crippen LogP contribution in [0.25, 0.3) is 11.4 Å². The number of anilines is 1. The second kappa shape index (κ2) is 8.41. The molecule has 0 bridgehead atoms. The maximum atomic E-state index is 12.9. The quantitative estimate of drug-likeness (QED) is 0.598. The number of halogens is 3. The minimum absolute atomic E-state index is 0.0312. The number of piperidine rings is 1. The first-order chi connectivity index (χ1) is 14.8. The predicted octanol–water partition coefficient (Wildman–Crippen LogP) is 5.48. The van der Waals surface area contributed by atoms with Crippen LogP contribution in [0.3, 0.4) is 0 Å². The highest BCUT2D eigenvalue weighted by Gasteiger charge is 2.31. The Morgan fingerprint density at radius 3 is 2.58 bits per heavy atom. The predicted molar refractivity (Wildman–Crippen MR) is 108 cm³/mol. The van der Waals surface area contributed by atoms with E-state index in [2.05, 4.69) is 15.5 Å². The molecule has 2 heterocycles. The molecular formula is C22H21F3N4O2. The van der Waals surface area contributed by atoms with E-state index < -0.39 is 17.8 Å². The van der Waals surface area contributed by atoms with Gasteiger partial charge in [0.05, 0.1) is 5.56 Å². The van der Waals surface area contributed by atoms with Crippen LogP contribution in [0.2, 0.25) is 0 Å². The van der Waals surface area contributed by atoms with E-state index in [9.17, 15) is 18.0 Å². The average molecular weight is 430 g/mol. The first-order valence-electron chi connectivity index (χ1n) is 9.93. The molecule has 1 aliphatic rings. The summed E-state index contributed by atoms with van der Waals surface area (Å²) in [5.74, 6) is 1.10. The minimum Gasteiger partial charge on any atom is -0.339 e. The Kier molecular flexibility index (Phi) is 5.67. The number of likely N-dealkylation sites (tertiary alicyclic amines) is 1. The Labute approximate surface area is 177 Å². The minimum atomic E-state index is -4.46. The number of aryl methyl sites for hydroxylation is 1. The SMILES string of the molecule is Cc1cccc(-c2noc(C3CCN(C(=O)Nc4cccc(C(F)(F)F)c4)CC3)n2)c1. The van der Waals surface area contributed by atoms with E-state index in [1.165, 1.54) is 12.1 Å². The fourth-order valence-corrected chi connectivity index (χ4v) is 3.61. The van der Waals surface area contributed by atoms with Crippen molar-refractivity contribution in [1.82, 2.24) is 15.0 Å². The number of benzene rings is 2. The standard InChI is InChI=1S/C22H21F3N4O2/c1-14-4-2-5-16(12-14)19-27-20(31-28-19)15-8-10-29(11-9-15)21(30)26-18-7-3-6-17(13-18)22(23,24)25/h2-7,12-13,15H,8-11H2,1H3,(H,26,30). The number of carbonyl (C=O) groups excluding carboxylic acids is 1. The Morgan fingerprint density at radius 2 is 1.87 bits per heavy atom. The van der Waals surface area contributed by atoms with Gasteiger partial charge in [0.15, 0.2) is 0 Å². The summed E-state index contributed by atoms with van der Waals surface area (Å²) in [5, 5.41) is 6.62. The summed E-state index contributed by atoms with van der Waals surface area (Å²) in [6.45, 7) is 2.87. The van der Waals surface area contributed by atoms with E-state index in [-0.39, 0.29) is 11.6 Å². The highest BCUT2D eigenvalue weighted by atomic mass is 19.4. The average Bonchev–Trinajstić information content (AvgIpc) is 3.24. The molecule has 0 saturated carbocycles. The second-order valence-electron chi connectivity index (χ2n) is 7.60. The highest BCUT2D eigenvalue weighted by Crippen LogP contribution is 2.31. The number of urea groups is 1. The monoisotopic (exact) mass is 430 g/mol. The molecule has 2 aromatic carbocycles. The van der Waals surface area contributed by atoms with Gasteiger partial charge in [-0.3, -0.25) is 0 Å². The Morgan fingerprint density at radius 1 is 1.13 bits per heavy atom. The van der Waals surface area contributed by atoms with Crippen LogP contribution in [-0.2, 0) is 6.18 Å². The summed E-state index contributed by atoms with van der Waals surface area (Å²) in [6, 6.07) is 12.0. The maximum Gasteiger partial charge on any atom is 0.416 e. The third kappa shape index (κ3) is 4.87. The second-order valence-corrected chi connectivity index (χ2v) is 7.60. The number of hydrogen-bond donors (Lipinski definition) is 1. The lowest BCUT2D eigenvalue weighted by Gasteiger charge is -2.30. The third-order valence-electron chi connectivity index (χ3n) is 5.29. The van der Waals surface area contributed by atoms with Crippen LogP contribution in [0.15, 0.2) is 53.1 Å². The maximum absolute atomic E-state index is 12.9. The molecule has 2 amide bonds. The topological polar surface area (TPSA) is 71.3 Å². The van der Waals surface area contributed by atoms with Gasteiger partial charge in [-0.2, -0.15) is 18.2 Å². The van der Waals surface area contributed by atoms with Gasteiger partial charge in [0, 0.05) is 30.3 Å². The lowest BCUT2D eigenvalue weighted by Crippen LogP contribution is -2.40. The van der Waals surface area contributed by atoms with Crippen LogP contribution >= 0.6 is 0 Å². The summed E-state index contributed by atoms with van der Waals surface area (Å²) in [5.41, 5.74) is 1.29. The summed E-state index contributed by atoms with van der Waals surface area (Å²) in [4.78, 5) is 18.6. The van der Waals surface area contributed by atoms with Crippen LogP contribution in [0.5, 0.6) is 0 Å². The molecule has 1 aliphatic heterocycles. The van der Waals surface area contributed by atoms with E-state index in [4.69, 9.17) is 4.52 Å². The van der Waals surface area contributed by atoms with E-state index in [1.807, 2.05) is 31.2 Å². The zero-order valence-corrected chi connectivity index (χ0v) is 16.8. The van der Waals surface area contributed by atoms with Gasteiger partial charge >= 0.3 is 12.2 Å². The van der Waals surface area contributed by atoms with Crippen molar-refractivity contribution < 1.29 is 22.5 Å². The zero-order valence-electron chi connectivity index (χ0n) is 16.8. The summed E-state index contributed by atoms with van der Waals surface area (Å²) < 4.78 is 44.0. The van der Waals surface area contributed by atoms with Crippen LogP contribution in [0.4, 0.5) is 23.7 Å². The van der Waals surface area contributed by atoms with Crippen molar-refractivity contribution in [3.8, 4) is 11.4 Å². The first kappa shape index (κ1) is 20.9. The zero-order chi connectivity index (χ0) is 22.0. The van der Waals surface area contributed by atoms with E-state index in [0.29, 0.717) is 37.6 Å². The normalized spacial score (nSPS) is 15.2. The van der Waals surface area contributed by atoms with Crippen molar-refractivity contribution in [3.05, 3.63) is 65.5 Å². The largest absolute Gasteiger partial charge is 0.416 e. The fraction of sp³-hybridized carbons (Fsp3) is 0.318. The molecular weight excluding hydrogens is 409 g/mol. The molecule has 6 nitrogen and oxygen atoms in total. The molecule has 0 radical (unpaired) electrons. The van der Waals surface area contributed by atoms with Gasteiger partial charge in [0.1, 0.15) is 0 Å². The molecule has 31 heavy (non-hydrogen) atoms. The van der Waals surface area contributed by atoms with Crippen LogP contribution in [-0.4, -0.2) is 34.2 Å². The van der Waals surface area contributed by atoms with Gasteiger partial charge in [-0.1, -0.05) is 35.0 Å². The fourth-order valence-electron chi connectivity index (χ4n) is 3.61. The summed E-state index contributed by atoms with van der Waals surface area (Å²) in [7, 11) is 0. The molecule has 0 atom stereocenters. The van der Waals surface area contributed by atoms with Gasteiger partial charge in [-0.15, -0.1) is 0 Å². The highest BCUT2D eigenvalue weighted by molar-refractivity contribution is 5.89. The Bertz CT molecular complexity index is 1070. The van der Waals surface area contributed by atoms with Crippen LogP contribution in [0.1, 0.15) is 35.8 Å². The number of aromatic nitrogens is 2. The number of hydrogen-bond acceptors (Lipinski definition) is 4. The van der Waals surface area contributed by atoms with Crippen LogP contribution in [0, 0.1) is 6.92 Å². The summed E-state index contributed by atoms with van der Waals surface area (Å²) in [6.07, 6.45) is -3.20. The van der Waals surface area contributed by atoms with Crippen molar-refractivity contribution in [1.29, 1.82) is 0 Å². The van der Waals surface area contributed by atoms with Crippen LogP contribution < -0.4 is 5.32 Å². The lowest BCUT2D eigenvalue weighted by atomic mass is 9.97. The first-order valence-corrected chi connectivity index (χ1v) is 9.93. The summed E-state index contributed by atoms with van der Waals surface area (Å²) >= 11 is 0. The van der Waals surface area contributed by atoms with E-state index in [1.54, 1.807) is 4.90 Å². The molecule has 0 unspecified atom stereocenters. The third-order valence-corrected chi connectivity index (χ3v) is 5.29. The Hall–Kier alpha value is -3.36. The number of carbonyl (C=O) groups is 1. The molecule has 1 N–H and O–H groups in total. The molecule has 3 aromatic rings. The smallest absolute Gasteiger partial charge is 0.339 e. The number of rotatable bonds is 3. The van der Waals surface area contributed by atoms with Gasteiger partial charge in [0.25, 0.3) is 0 Å². The molecule has 162 valence electrons. The molecule has 1 fully saturated rings. The number of alkyl halides is 3. The number of nitrogens with one attached hydrogen (secondary N) is 1. The molecule has 4 rings (SSSR count). The van der Waals surface area contributed by atoms with E-state index >= 15 is 0 Å². The number of amides is 2. The molecule has 1 saturated heterocycles. The molecule has 0 aliphatic carbocycles. The van der Waals surface area contributed by atoms with Crippen molar-refractivity contribution >= 4 is 11.7 Å². The van der Waals surface area contributed by atoms with Crippen molar-refractivity contribution in [3.63, 3.8) is 0 Å². The van der Waals surface area contributed by atoms with Gasteiger partial charge in [-0.05, 0) is 44.0 Å².